The number of aromatic hydroxyl groups is 1. The molecule has 1 nitrogen and oxygen atoms in total. The fourth-order valence-corrected chi connectivity index (χ4v) is 3.19. The van der Waals surface area contributed by atoms with Gasteiger partial charge in [-0.2, -0.15) is 43.9 Å². The average Bonchev–Trinajstić information content (AvgIpc) is 2.64. The lowest BCUT2D eigenvalue weighted by atomic mass is 9.75. The van der Waals surface area contributed by atoms with E-state index in [-0.39, 0.29) is 11.1 Å². The van der Waals surface area contributed by atoms with Gasteiger partial charge in [0.25, 0.3) is 0 Å². The highest BCUT2D eigenvalue weighted by molar-refractivity contribution is 5.33. The monoisotopic (exact) mass is 462 g/mol. The van der Waals surface area contributed by atoms with Gasteiger partial charge in [0.2, 0.25) is 0 Å². The van der Waals surface area contributed by atoms with Gasteiger partial charge in [0.1, 0.15) is 5.75 Å². The highest BCUT2D eigenvalue weighted by Crippen LogP contribution is 2.51. The summed E-state index contributed by atoms with van der Waals surface area (Å²) in [5.41, 5.74) is -0.615. The quantitative estimate of drug-likeness (QED) is 0.424. The molecule has 0 bridgehead atoms. The third-order valence-electron chi connectivity index (χ3n) is 4.82. The van der Waals surface area contributed by atoms with Crippen LogP contribution < -0.4 is 0 Å². The second-order valence-corrected chi connectivity index (χ2v) is 7.03. The molecular weight excluding hydrogens is 446 g/mol. The van der Waals surface area contributed by atoms with Crippen LogP contribution in [0.5, 0.6) is 5.75 Å². The summed E-state index contributed by atoms with van der Waals surface area (Å²) in [6, 6.07) is 9.67. The van der Waals surface area contributed by atoms with Crippen LogP contribution in [0.25, 0.3) is 0 Å². The smallest absolute Gasteiger partial charge is 0.453 e. The Balaban J connectivity index is 2.63. The Labute approximate surface area is 170 Å². The van der Waals surface area contributed by atoms with Gasteiger partial charge in [0, 0.05) is 12.8 Å². The highest BCUT2D eigenvalue weighted by Gasteiger charge is 2.61. The van der Waals surface area contributed by atoms with E-state index in [1.807, 2.05) is 0 Å². The minimum Gasteiger partial charge on any atom is -0.508 e. The summed E-state index contributed by atoms with van der Waals surface area (Å²) in [6.45, 7) is 0. The molecule has 11 heteroatoms. The molecule has 2 aromatic rings. The van der Waals surface area contributed by atoms with Gasteiger partial charge < -0.3 is 5.11 Å². The molecule has 2 unspecified atom stereocenters. The van der Waals surface area contributed by atoms with Crippen LogP contribution in [0.2, 0.25) is 0 Å². The second-order valence-electron chi connectivity index (χ2n) is 7.03. The lowest BCUT2D eigenvalue weighted by Crippen LogP contribution is -2.41. The van der Waals surface area contributed by atoms with Crippen molar-refractivity contribution in [2.75, 3.05) is 0 Å². The van der Waals surface area contributed by atoms with Crippen molar-refractivity contribution in [2.45, 2.75) is 48.9 Å². The Kier molecular flexibility index (Phi) is 6.87. The largest absolute Gasteiger partial charge is 0.508 e. The molecule has 0 saturated carbocycles. The van der Waals surface area contributed by atoms with Crippen molar-refractivity contribution in [3.05, 3.63) is 65.7 Å². The normalized spacial score (nSPS) is 15.5. The van der Waals surface area contributed by atoms with Gasteiger partial charge in [-0.25, -0.2) is 0 Å². The van der Waals surface area contributed by atoms with Gasteiger partial charge in [-0.05, 0) is 35.1 Å². The van der Waals surface area contributed by atoms with Crippen molar-refractivity contribution in [1.29, 1.82) is 0 Å². The van der Waals surface area contributed by atoms with Crippen LogP contribution in [0.15, 0.2) is 54.6 Å². The van der Waals surface area contributed by atoms with Gasteiger partial charge >= 0.3 is 24.2 Å². The Morgan fingerprint density at radius 3 is 1.26 bits per heavy atom. The maximum Gasteiger partial charge on any atom is 0.453 e. The van der Waals surface area contributed by atoms with Crippen LogP contribution in [0.4, 0.5) is 43.9 Å². The number of benzene rings is 2. The predicted octanol–water partition coefficient (Wildman–Crippen LogP) is 7.44. The number of alkyl halides is 10. The van der Waals surface area contributed by atoms with Crippen molar-refractivity contribution in [3.8, 4) is 5.75 Å². The van der Waals surface area contributed by atoms with E-state index in [2.05, 4.69) is 0 Å². The molecule has 31 heavy (non-hydrogen) atoms. The first-order chi connectivity index (χ1) is 14.1. The van der Waals surface area contributed by atoms with Crippen LogP contribution >= 0.6 is 0 Å². The molecule has 2 atom stereocenters. The Hall–Kier alpha value is -2.46. The SMILES string of the molecule is Oc1ccc(C(CC(F)(F)C(F)(F)F)C(CC(F)(F)C(F)(F)F)c2ccccc2)cc1. The van der Waals surface area contributed by atoms with E-state index in [0.717, 1.165) is 36.4 Å². The van der Waals surface area contributed by atoms with Crippen molar-refractivity contribution >= 4 is 0 Å². The van der Waals surface area contributed by atoms with Crippen LogP contribution in [0.3, 0.4) is 0 Å². The number of hydrogen-bond acceptors (Lipinski definition) is 1. The number of phenolic OH excluding ortho intramolecular Hbond substituents is 1. The maximum absolute atomic E-state index is 13.9. The van der Waals surface area contributed by atoms with Crippen molar-refractivity contribution in [3.63, 3.8) is 0 Å². The first-order valence-corrected chi connectivity index (χ1v) is 8.78. The topological polar surface area (TPSA) is 20.2 Å². The summed E-state index contributed by atoms with van der Waals surface area (Å²) in [4.78, 5) is 0. The molecule has 0 aromatic heterocycles. The Morgan fingerprint density at radius 2 is 0.903 bits per heavy atom. The molecule has 0 radical (unpaired) electrons. The number of rotatable bonds is 7. The van der Waals surface area contributed by atoms with E-state index < -0.39 is 54.6 Å². The summed E-state index contributed by atoms with van der Waals surface area (Å²) in [5, 5.41) is 9.35. The molecule has 0 fully saturated rings. The molecule has 172 valence electrons. The van der Waals surface area contributed by atoms with Crippen molar-refractivity contribution in [1.82, 2.24) is 0 Å². The van der Waals surface area contributed by atoms with Gasteiger partial charge in [-0.15, -0.1) is 0 Å². The standard InChI is InChI=1S/C20H16F10O/c21-17(22,19(25,26)27)10-15(12-4-2-1-3-5-12)16(11-18(23,24)20(28,29)30)13-6-8-14(31)9-7-13/h1-9,15-16,31H,10-11H2. The van der Waals surface area contributed by atoms with Gasteiger partial charge in [-0.3, -0.25) is 0 Å². The number of halogens is 10. The van der Waals surface area contributed by atoms with E-state index in [1.54, 1.807) is 0 Å². The number of hydrogen-bond donors (Lipinski definition) is 1. The molecule has 0 saturated heterocycles. The zero-order valence-electron chi connectivity index (χ0n) is 15.5. The minimum absolute atomic E-state index is 0.262. The van der Waals surface area contributed by atoms with E-state index in [0.29, 0.717) is 0 Å². The lowest BCUT2D eigenvalue weighted by molar-refractivity contribution is -0.292. The van der Waals surface area contributed by atoms with Crippen molar-refractivity contribution < 1.29 is 49.0 Å². The summed E-state index contributed by atoms with van der Waals surface area (Å²) in [6.07, 6.45) is -16.2. The zero-order valence-corrected chi connectivity index (χ0v) is 15.5. The lowest BCUT2D eigenvalue weighted by Gasteiger charge is -2.34. The van der Waals surface area contributed by atoms with Crippen LogP contribution in [0.1, 0.15) is 35.8 Å². The molecule has 0 aliphatic heterocycles. The third kappa shape index (κ3) is 5.82. The van der Waals surface area contributed by atoms with Crippen LogP contribution in [0, 0.1) is 0 Å². The fraction of sp³-hybridized carbons (Fsp3) is 0.400. The first-order valence-electron chi connectivity index (χ1n) is 8.78. The summed E-state index contributed by atoms with van der Waals surface area (Å²) >= 11 is 0. The van der Waals surface area contributed by atoms with E-state index in [4.69, 9.17) is 0 Å². The van der Waals surface area contributed by atoms with Gasteiger partial charge in [-0.1, -0.05) is 42.5 Å². The Bertz CT molecular complexity index is 841. The summed E-state index contributed by atoms with van der Waals surface area (Å²) in [7, 11) is 0. The molecule has 2 aromatic carbocycles. The molecule has 2 rings (SSSR count). The fourth-order valence-electron chi connectivity index (χ4n) is 3.19. The number of phenols is 1. The molecule has 0 spiro atoms. The van der Waals surface area contributed by atoms with Gasteiger partial charge in [0.15, 0.2) is 0 Å². The van der Waals surface area contributed by atoms with E-state index >= 15 is 0 Å². The van der Waals surface area contributed by atoms with Crippen LogP contribution in [-0.4, -0.2) is 29.3 Å². The molecule has 1 N–H and O–H groups in total. The van der Waals surface area contributed by atoms with E-state index in [1.165, 1.54) is 18.2 Å². The molecule has 0 aliphatic carbocycles. The van der Waals surface area contributed by atoms with Gasteiger partial charge in [0.05, 0.1) is 0 Å². The first kappa shape index (κ1) is 24.8. The molecular formula is C20H16F10O. The second kappa shape index (κ2) is 8.58. The zero-order chi connectivity index (χ0) is 23.7. The molecule has 0 aliphatic rings. The molecule has 0 amide bonds. The third-order valence-corrected chi connectivity index (χ3v) is 4.82. The minimum atomic E-state index is -6.05. The maximum atomic E-state index is 13.9. The predicted molar refractivity (Wildman–Crippen MR) is 91.3 cm³/mol. The summed E-state index contributed by atoms with van der Waals surface area (Å²) < 4.78 is 133. The van der Waals surface area contributed by atoms with E-state index in [9.17, 15) is 49.0 Å². The van der Waals surface area contributed by atoms with Crippen LogP contribution in [-0.2, 0) is 0 Å². The summed E-state index contributed by atoms with van der Waals surface area (Å²) in [5.74, 6) is -15.2. The highest BCUT2D eigenvalue weighted by atomic mass is 19.4. The Morgan fingerprint density at radius 1 is 0.548 bits per heavy atom. The van der Waals surface area contributed by atoms with Crippen molar-refractivity contribution in [2.24, 2.45) is 0 Å². The average molecular weight is 462 g/mol. The molecule has 0 heterocycles.